The van der Waals surface area contributed by atoms with Crippen molar-refractivity contribution in [1.82, 2.24) is 10.3 Å². The van der Waals surface area contributed by atoms with Gasteiger partial charge in [-0.05, 0) is 51.4 Å². The fourth-order valence-electron chi connectivity index (χ4n) is 2.17. The maximum absolute atomic E-state index is 11.3. The van der Waals surface area contributed by atoms with Gasteiger partial charge in [0, 0.05) is 19.7 Å². The molecule has 1 saturated heterocycles. The number of carbonyl (C=O) groups excluding carboxylic acids is 1. The Hall–Kier alpha value is -2.17. The Morgan fingerprint density at radius 2 is 1.96 bits per heavy atom. The molecule has 24 heavy (non-hydrogen) atoms. The molecule has 0 unspecified atom stereocenters. The minimum Gasteiger partial charge on any atom is -0.400 e. The van der Waals surface area contributed by atoms with Gasteiger partial charge in [-0.3, -0.25) is 9.78 Å². The second-order valence-corrected chi connectivity index (χ2v) is 6.80. The first kappa shape index (κ1) is 18.2. The number of rotatable bonds is 4. The van der Waals surface area contributed by atoms with E-state index in [0.717, 1.165) is 5.47 Å². The Morgan fingerprint density at radius 1 is 1.33 bits per heavy atom. The second-order valence-electron chi connectivity index (χ2n) is 6.80. The van der Waals surface area contributed by atoms with E-state index in [4.69, 9.17) is 14.6 Å². The standard InChI is InChI=1S/C17H22BN3O3/c1-12(22)20-11-14(8-15-7-6-13(9-19)10-21-15)18-23-16(2,3)17(4,5)24-18/h6-8,10H,11H2,1-5H3,(H,20,22). The van der Waals surface area contributed by atoms with Gasteiger partial charge in [-0.25, -0.2) is 0 Å². The van der Waals surface area contributed by atoms with E-state index in [2.05, 4.69) is 10.3 Å². The third-order valence-corrected chi connectivity index (χ3v) is 4.35. The molecule has 0 radical (unpaired) electrons. The predicted octanol–water partition coefficient (Wildman–Crippen LogP) is 2.10. The zero-order valence-corrected chi connectivity index (χ0v) is 14.7. The first-order chi connectivity index (χ1) is 11.1. The van der Waals surface area contributed by atoms with Gasteiger partial charge in [-0.2, -0.15) is 5.26 Å². The summed E-state index contributed by atoms with van der Waals surface area (Å²) < 4.78 is 12.1. The largest absolute Gasteiger partial charge is 0.492 e. The van der Waals surface area contributed by atoms with Crippen molar-refractivity contribution in [3.05, 3.63) is 35.1 Å². The summed E-state index contributed by atoms with van der Waals surface area (Å²) in [5.74, 6) is -0.134. The topological polar surface area (TPSA) is 84.2 Å². The number of amides is 1. The van der Waals surface area contributed by atoms with Gasteiger partial charge in [0.15, 0.2) is 0 Å². The molecule has 1 fully saturated rings. The molecule has 1 N–H and O–H groups in total. The lowest BCUT2D eigenvalue weighted by Gasteiger charge is -2.32. The highest BCUT2D eigenvalue weighted by Gasteiger charge is 2.52. The molecule has 0 spiro atoms. The van der Waals surface area contributed by atoms with Crippen molar-refractivity contribution in [3.63, 3.8) is 0 Å². The number of hydrogen-bond acceptors (Lipinski definition) is 5. The third-order valence-electron chi connectivity index (χ3n) is 4.35. The zero-order chi connectivity index (χ0) is 18.0. The van der Waals surface area contributed by atoms with Gasteiger partial charge >= 0.3 is 7.12 Å². The first-order valence-corrected chi connectivity index (χ1v) is 7.81. The van der Waals surface area contributed by atoms with E-state index in [0.29, 0.717) is 17.8 Å². The summed E-state index contributed by atoms with van der Waals surface area (Å²) in [4.78, 5) is 15.5. The van der Waals surface area contributed by atoms with Crippen LogP contribution in [0.2, 0.25) is 0 Å². The maximum Gasteiger partial charge on any atom is 0.492 e. The van der Waals surface area contributed by atoms with Crippen molar-refractivity contribution >= 4 is 19.1 Å². The van der Waals surface area contributed by atoms with Gasteiger partial charge in [-0.15, -0.1) is 0 Å². The van der Waals surface area contributed by atoms with E-state index >= 15 is 0 Å². The normalized spacial score (nSPS) is 19.0. The van der Waals surface area contributed by atoms with Crippen LogP contribution < -0.4 is 5.32 Å². The molecule has 0 aromatic carbocycles. The zero-order valence-electron chi connectivity index (χ0n) is 14.7. The molecule has 0 bridgehead atoms. The number of carbonyl (C=O) groups is 1. The summed E-state index contributed by atoms with van der Waals surface area (Å²) in [5, 5.41) is 11.6. The van der Waals surface area contributed by atoms with Gasteiger partial charge in [0.25, 0.3) is 0 Å². The van der Waals surface area contributed by atoms with E-state index in [-0.39, 0.29) is 5.91 Å². The van der Waals surface area contributed by atoms with Gasteiger partial charge in [0.2, 0.25) is 5.91 Å². The molecule has 6 nitrogen and oxygen atoms in total. The molecular weight excluding hydrogens is 305 g/mol. The monoisotopic (exact) mass is 327 g/mol. The van der Waals surface area contributed by atoms with Crippen molar-refractivity contribution in [2.45, 2.75) is 45.8 Å². The fourth-order valence-corrected chi connectivity index (χ4v) is 2.17. The summed E-state index contributed by atoms with van der Waals surface area (Å²) in [7, 11) is -0.570. The summed E-state index contributed by atoms with van der Waals surface area (Å²) in [6.07, 6.45) is 3.32. The Morgan fingerprint density at radius 3 is 2.42 bits per heavy atom. The fraction of sp³-hybridized carbons (Fsp3) is 0.471. The molecule has 1 aromatic heterocycles. The maximum atomic E-state index is 11.3. The quantitative estimate of drug-likeness (QED) is 0.856. The van der Waals surface area contributed by atoms with E-state index in [1.54, 1.807) is 12.1 Å². The van der Waals surface area contributed by atoms with Gasteiger partial charge < -0.3 is 14.6 Å². The number of aromatic nitrogens is 1. The molecule has 0 saturated carbocycles. The Bertz CT molecular complexity index is 674. The summed E-state index contributed by atoms with van der Waals surface area (Å²) >= 11 is 0. The average molecular weight is 327 g/mol. The number of hydrogen-bond donors (Lipinski definition) is 1. The van der Waals surface area contributed by atoms with Crippen LogP contribution in [0, 0.1) is 11.3 Å². The second kappa shape index (κ2) is 6.75. The highest BCUT2D eigenvalue weighted by atomic mass is 16.7. The van der Waals surface area contributed by atoms with Crippen LogP contribution in [0.4, 0.5) is 0 Å². The van der Waals surface area contributed by atoms with Crippen molar-refractivity contribution in [1.29, 1.82) is 5.26 Å². The predicted molar refractivity (Wildman–Crippen MR) is 91.7 cm³/mol. The molecule has 2 heterocycles. The van der Waals surface area contributed by atoms with E-state index < -0.39 is 18.3 Å². The van der Waals surface area contributed by atoms with Gasteiger partial charge in [-0.1, -0.05) is 0 Å². The van der Waals surface area contributed by atoms with Crippen molar-refractivity contribution in [2.24, 2.45) is 0 Å². The molecule has 1 aliphatic rings. The number of nitrogens with zero attached hydrogens (tertiary/aromatic N) is 2. The molecule has 1 aliphatic heterocycles. The van der Waals surface area contributed by atoms with Crippen molar-refractivity contribution < 1.29 is 14.1 Å². The van der Waals surface area contributed by atoms with E-state index in [1.165, 1.54) is 13.1 Å². The van der Waals surface area contributed by atoms with Gasteiger partial charge in [0.1, 0.15) is 6.07 Å². The molecule has 7 heteroatoms. The van der Waals surface area contributed by atoms with Crippen LogP contribution in [0.3, 0.4) is 0 Å². The van der Waals surface area contributed by atoms with Crippen LogP contribution in [-0.2, 0) is 14.1 Å². The Kier molecular flexibility index (Phi) is 5.12. The van der Waals surface area contributed by atoms with Gasteiger partial charge in [0.05, 0.1) is 22.5 Å². The molecule has 1 aromatic rings. The molecule has 126 valence electrons. The average Bonchev–Trinajstić information content (AvgIpc) is 2.72. The lowest BCUT2D eigenvalue weighted by Crippen LogP contribution is -2.41. The Labute approximate surface area is 143 Å². The van der Waals surface area contributed by atoms with Crippen molar-refractivity contribution in [3.8, 4) is 6.07 Å². The first-order valence-electron chi connectivity index (χ1n) is 7.81. The van der Waals surface area contributed by atoms with Crippen LogP contribution >= 0.6 is 0 Å². The molecule has 0 atom stereocenters. The smallest absolute Gasteiger partial charge is 0.400 e. The molecule has 2 rings (SSSR count). The van der Waals surface area contributed by atoms with E-state index in [1.807, 2.05) is 39.8 Å². The SMILES string of the molecule is CC(=O)NCC(=Cc1ccc(C#N)cn1)B1OC(C)(C)C(C)(C)O1. The van der Waals surface area contributed by atoms with Crippen LogP contribution in [0.1, 0.15) is 45.9 Å². The summed E-state index contributed by atoms with van der Waals surface area (Å²) in [6, 6.07) is 5.48. The minimum absolute atomic E-state index is 0.134. The Balaban J connectivity index is 2.29. The number of nitrogens with one attached hydrogen (secondary N) is 1. The molecule has 0 aliphatic carbocycles. The third kappa shape index (κ3) is 4.02. The highest BCUT2D eigenvalue weighted by molar-refractivity contribution is 6.56. The highest BCUT2D eigenvalue weighted by Crippen LogP contribution is 2.38. The van der Waals surface area contributed by atoms with E-state index in [9.17, 15) is 4.79 Å². The van der Waals surface area contributed by atoms with Crippen LogP contribution in [0.25, 0.3) is 6.08 Å². The lowest BCUT2D eigenvalue weighted by atomic mass is 9.77. The van der Waals surface area contributed by atoms with Crippen LogP contribution in [0.15, 0.2) is 23.8 Å². The lowest BCUT2D eigenvalue weighted by molar-refractivity contribution is -0.118. The number of pyridine rings is 1. The molecular formula is C17H22BN3O3. The summed E-state index contributed by atoms with van der Waals surface area (Å²) in [5.41, 5.74) is 0.993. The summed E-state index contributed by atoms with van der Waals surface area (Å²) in [6.45, 7) is 9.66. The molecule has 1 amide bonds. The van der Waals surface area contributed by atoms with Crippen LogP contribution in [0.5, 0.6) is 0 Å². The minimum atomic E-state index is -0.570. The van der Waals surface area contributed by atoms with Crippen LogP contribution in [-0.4, -0.2) is 35.8 Å². The number of nitriles is 1. The van der Waals surface area contributed by atoms with Crippen molar-refractivity contribution in [2.75, 3.05) is 6.54 Å².